The van der Waals surface area contributed by atoms with Crippen molar-refractivity contribution in [2.75, 3.05) is 18.6 Å². The predicted octanol–water partition coefficient (Wildman–Crippen LogP) is 2.55. The van der Waals surface area contributed by atoms with Crippen molar-refractivity contribution >= 4 is 26.6 Å². The van der Waals surface area contributed by atoms with E-state index in [9.17, 15) is 13.2 Å². The molecule has 0 unspecified atom stereocenters. The molecule has 5 nitrogen and oxygen atoms in total. The Morgan fingerprint density at radius 3 is 2.65 bits per heavy atom. The van der Waals surface area contributed by atoms with Gasteiger partial charge in [0.15, 0.2) is 9.84 Å². The number of hydrogen-bond acceptors (Lipinski definition) is 3. The molecule has 1 amide bonds. The highest BCUT2D eigenvalue weighted by Gasteiger charge is 2.33. The van der Waals surface area contributed by atoms with Gasteiger partial charge in [0.1, 0.15) is 5.69 Å². The standard InChI is InChI=1S/C17H22N2O3S/c1-11(2)12-4-5-13-9-16(18-15(13)8-12)17(20)19(3)14-6-7-23(21,22)10-14/h4-5,8-9,11,14,18H,6-7,10H2,1-3H3/t14-/m0/s1. The average Bonchev–Trinajstić information content (AvgIpc) is 3.07. The van der Waals surface area contributed by atoms with Crippen LogP contribution in [0.3, 0.4) is 0 Å². The molecular weight excluding hydrogens is 312 g/mol. The first-order valence-electron chi connectivity index (χ1n) is 7.87. The highest BCUT2D eigenvalue weighted by atomic mass is 32.2. The van der Waals surface area contributed by atoms with Crippen LogP contribution < -0.4 is 0 Å². The molecule has 1 aliphatic heterocycles. The summed E-state index contributed by atoms with van der Waals surface area (Å²) in [5, 5.41) is 0.991. The second kappa shape index (κ2) is 5.67. The van der Waals surface area contributed by atoms with E-state index in [1.54, 1.807) is 11.9 Å². The molecule has 2 aromatic rings. The van der Waals surface area contributed by atoms with Gasteiger partial charge in [0, 0.05) is 24.0 Å². The van der Waals surface area contributed by atoms with Crippen LogP contribution in [0, 0.1) is 0 Å². The zero-order valence-electron chi connectivity index (χ0n) is 13.7. The molecule has 1 aromatic heterocycles. The normalized spacial score (nSPS) is 20.3. The summed E-state index contributed by atoms with van der Waals surface area (Å²) in [7, 11) is -1.32. The number of carbonyl (C=O) groups is 1. The number of nitrogens with one attached hydrogen (secondary N) is 1. The Bertz CT molecular complexity index is 852. The summed E-state index contributed by atoms with van der Waals surface area (Å²) in [6.07, 6.45) is 0.516. The van der Waals surface area contributed by atoms with E-state index in [2.05, 4.69) is 31.0 Å². The van der Waals surface area contributed by atoms with Crippen LogP contribution >= 0.6 is 0 Å². The van der Waals surface area contributed by atoms with E-state index in [0.29, 0.717) is 18.0 Å². The number of aromatic amines is 1. The number of H-pyrrole nitrogens is 1. The number of hydrogen-bond donors (Lipinski definition) is 1. The third-order valence-corrected chi connectivity index (χ3v) is 6.37. The zero-order valence-corrected chi connectivity index (χ0v) is 14.5. The number of nitrogens with zero attached hydrogens (tertiary/aromatic N) is 1. The van der Waals surface area contributed by atoms with E-state index < -0.39 is 9.84 Å². The molecule has 6 heteroatoms. The quantitative estimate of drug-likeness (QED) is 0.938. The van der Waals surface area contributed by atoms with Crippen LogP contribution in [-0.2, 0) is 9.84 Å². The minimum Gasteiger partial charge on any atom is -0.351 e. The monoisotopic (exact) mass is 334 g/mol. The summed E-state index contributed by atoms with van der Waals surface area (Å²) in [4.78, 5) is 17.4. The lowest BCUT2D eigenvalue weighted by molar-refractivity contribution is 0.0743. The van der Waals surface area contributed by atoms with Crippen molar-refractivity contribution in [3.8, 4) is 0 Å². The van der Waals surface area contributed by atoms with Gasteiger partial charge in [-0.3, -0.25) is 4.79 Å². The Labute approximate surface area is 136 Å². The van der Waals surface area contributed by atoms with Gasteiger partial charge in [0.05, 0.1) is 11.5 Å². The van der Waals surface area contributed by atoms with Crippen molar-refractivity contribution in [2.24, 2.45) is 0 Å². The summed E-state index contributed by atoms with van der Waals surface area (Å²) in [6.45, 7) is 4.26. The number of fused-ring (bicyclic) bond motifs is 1. The molecular formula is C17H22N2O3S. The second-order valence-corrected chi connectivity index (χ2v) is 8.89. The fraction of sp³-hybridized carbons (Fsp3) is 0.471. The van der Waals surface area contributed by atoms with E-state index in [-0.39, 0.29) is 23.5 Å². The molecule has 1 aliphatic rings. The van der Waals surface area contributed by atoms with Gasteiger partial charge in [0.25, 0.3) is 5.91 Å². The van der Waals surface area contributed by atoms with E-state index in [4.69, 9.17) is 0 Å². The van der Waals surface area contributed by atoms with Gasteiger partial charge < -0.3 is 9.88 Å². The number of benzene rings is 1. The zero-order chi connectivity index (χ0) is 16.8. The lowest BCUT2D eigenvalue weighted by Crippen LogP contribution is -2.37. The summed E-state index contributed by atoms with van der Waals surface area (Å²) < 4.78 is 23.2. The van der Waals surface area contributed by atoms with Crippen LogP contribution in [0.2, 0.25) is 0 Å². The average molecular weight is 334 g/mol. The van der Waals surface area contributed by atoms with Gasteiger partial charge in [-0.1, -0.05) is 26.0 Å². The topological polar surface area (TPSA) is 70.2 Å². The highest BCUT2D eigenvalue weighted by molar-refractivity contribution is 7.91. The molecule has 23 heavy (non-hydrogen) atoms. The van der Waals surface area contributed by atoms with Gasteiger partial charge in [-0.2, -0.15) is 0 Å². The molecule has 0 radical (unpaired) electrons. The molecule has 1 aromatic carbocycles. The van der Waals surface area contributed by atoms with Crippen molar-refractivity contribution in [3.05, 3.63) is 35.5 Å². The molecule has 1 atom stereocenters. The number of carbonyl (C=O) groups excluding carboxylic acids is 1. The van der Waals surface area contributed by atoms with E-state index in [1.807, 2.05) is 12.1 Å². The minimum atomic E-state index is -3.00. The summed E-state index contributed by atoms with van der Waals surface area (Å²) in [5.41, 5.74) is 2.66. The minimum absolute atomic E-state index is 0.0625. The fourth-order valence-corrected chi connectivity index (χ4v) is 4.83. The first-order valence-corrected chi connectivity index (χ1v) is 9.69. The third-order valence-electron chi connectivity index (χ3n) is 4.62. The van der Waals surface area contributed by atoms with Crippen LogP contribution in [0.25, 0.3) is 10.9 Å². The first kappa shape index (κ1) is 16.1. The maximum atomic E-state index is 12.6. The van der Waals surface area contributed by atoms with Gasteiger partial charge in [-0.25, -0.2) is 8.42 Å². The van der Waals surface area contributed by atoms with Gasteiger partial charge in [-0.05, 0) is 30.0 Å². The van der Waals surface area contributed by atoms with Crippen molar-refractivity contribution < 1.29 is 13.2 Å². The first-order chi connectivity index (χ1) is 10.8. The maximum absolute atomic E-state index is 12.6. The van der Waals surface area contributed by atoms with Crippen LogP contribution in [0.1, 0.15) is 42.2 Å². The van der Waals surface area contributed by atoms with Crippen molar-refractivity contribution in [3.63, 3.8) is 0 Å². The summed E-state index contributed by atoms with van der Waals surface area (Å²) >= 11 is 0. The van der Waals surface area contributed by atoms with Crippen molar-refractivity contribution in [2.45, 2.75) is 32.2 Å². The van der Waals surface area contributed by atoms with E-state index >= 15 is 0 Å². The highest BCUT2D eigenvalue weighted by Crippen LogP contribution is 2.24. The maximum Gasteiger partial charge on any atom is 0.270 e. The molecule has 2 heterocycles. The molecule has 0 spiro atoms. The molecule has 0 saturated carbocycles. The Balaban J connectivity index is 1.86. The molecule has 1 fully saturated rings. The molecule has 0 aliphatic carbocycles. The number of sulfone groups is 1. The smallest absolute Gasteiger partial charge is 0.270 e. The molecule has 1 N–H and O–H groups in total. The Hall–Kier alpha value is -1.82. The van der Waals surface area contributed by atoms with Crippen LogP contribution in [-0.4, -0.2) is 48.8 Å². The van der Waals surface area contributed by atoms with E-state index in [1.165, 1.54) is 5.56 Å². The molecule has 1 saturated heterocycles. The lowest BCUT2D eigenvalue weighted by Gasteiger charge is -2.22. The van der Waals surface area contributed by atoms with Crippen LogP contribution in [0.15, 0.2) is 24.3 Å². The summed E-state index contributed by atoms with van der Waals surface area (Å²) in [5.74, 6) is 0.495. The predicted molar refractivity (Wildman–Crippen MR) is 91.5 cm³/mol. The number of amides is 1. The molecule has 124 valence electrons. The third kappa shape index (κ3) is 3.13. The largest absolute Gasteiger partial charge is 0.351 e. The van der Waals surface area contributed by atoms with Crippen molar-refractivity contribution in [1.29, 1.82) is 0 Å². The number of aromatic nitrogens is 1. The van der Waals surface area contributed by atoms with Gasteiger partial charge in [0.2, 0.25) is 0 Å². The Kier molecular flexibility index (Phi) is 3.96. The Morgan fingerprint density at radius 2 is 2.04 bits per heavy atom. The molecule has 0 bridgehead atoms. The fourth-order valence-electron chi connectivity index (χ4n) is 3.06. The summed E-state index contributed by atoms with van der Waals surface area (Å²) in [6, 6.07) is 7.75. The van der Waals surface area contributed by atoms with Gasteiger partial charge >= 0.3 is 0 Å². The van der Waals surface area contributed by atoms with E-state index in [0.717, 1.165) is 10.9 Å². The lowest BCUT2D eigenvalue weighted by atomic mass is 10.0. The van der Waals surface area contributed by atoms with Crippen molar-refractivity contribution in [1.82, 2.24) is 9.88 Å². The van der Waals surface area contributed by atoms with Crippen LogP contribution in [0.5, 0.6) is 0 Å². The number of rotatable bonds is 3. The SMILES string of the molecule is CC(C)c1ccc2cc(C(=O)N(C)[C@H]3CCS(=O)(=O)C3)[nH]c2c1. The van der Waals surface area contributed by atoms with Gasteiger partial charge in [-0.15, -0.1) is 0 Å². The van der Waals surface area contributed by atoms with Crippen LogP contribution in [0.4, 0.5) is 0 Å². The molecule has 3 rings (SSSR count). The Morgan fingerprint density at radius 1 is 1.30 bits per heavy atom. The second-order valence-electron chi connectivity index (χ2n) is 6.66.